The van der Waals surface area contributed by atoms with E-state index in [1.807, 2.05) is 20.8 Å². The van der Waals surface area contributed by atoms with Gasteiger partial charge in [-0.25, -0.2) is 0 Å². The van der Waals surface area contributed by atoms with Crippen LogP contribution in [0.4, 0.5) is 0 Å². The van der Waals surface area contributed by atoms with Crippen LogP contribution in [0.5, 0.6) is 0 Å². The lowest BCUT2D eigenvalue weighted by Crippen LogP contribution is -2.45. The summed E-state index contributed by atoms with van der Waals surface area (Å²) in [4.78, 5) is 24.8. The Balaban J connectivity index is 3.15. The molecule has 1 unspecified atom stereocenters. The van der Waals surface area contributed by atoms with E-state index in [4.69, 9.17) is 5.73 Å². The Bertz CT molecular complexity index is 455. The van der Waals surface area contributed by atoms with Crippen molar-refractivity contribution < 1.29 is 19.8 Å². The van der Waals surface area contributed by atoms with Crippen LogP contribution in [-0.2, 0) is 9.59 Å². The Kier molecular flexibility index (Phi) is 5.70. The molecule has 0 saturated carbocycles. The maximum absolute atomic E-state index is 12.5. The lowest BCUT2D eigenvalue weighted by molar-refractivity contribution is -0.127. The molecule has 1 aliphatic carbocycles. The van der Waals surface area contributed by atoms with Gasteiger partial charge in [0.05, 0.1) is 5.92 Å². The summed E-state index contributed by atoms with van der Waals surface area (Å²) in [5.74, 6) is -2.24. The second-order valence-corrected chi connectivity index (χ2v) is 6.41. The van der Waals surface area contributed by atoms with E-state index in [-0.39, 0.29) is 18.0 Å². The molecule has 0 heterocycles. The first-order valence-corrected chi connectivity index (χ1v) is 7.65. The van der Waals surface area contributed by atoms with Crippen LogP contribution in [0.25, 0.3) is 0 Å². The Morgan fingerprint density at radius 1 is 1.38 bits per heavy atom. The average molecular weight is 297 g/mol. The molecule has 0 aromatic heterocycles. The smallest absolute Gasteiger partial charge is 0.176 e. The normalized spacial score (nSPS) is 27.6. The van der Waals surface area contributed by atoms with E-state index < -0.39 is 28.8 Å². The first kappa shape index (κ1) is 17.9. The summed E-state index contributed by atoms with van der Waals surface area (Å²) in [6.07, 6.45) is 1.70. The molecule has 0 aliphatic heterocycles. The predicted octanol–water partition coefficient (Wildman–Crippen LogP) is 1.74. The highest BCUT2D eigenvalue weighted by atomic mass is 16.3. The van der Waals surface area contributed by atoms with Crippen molar-refractivity contribution in [2.45, 2.75) is 52.6 Å². The van der Waals surface area contributed by atoms with Gasteiger partial charge < -0.3 is 15.9 Å². The molecule has 21 heavy (non-hydrogen) atoms. The lowest BCUT2D eigenvalue weighted by atomic mass is 9.83. The van der Waals surface area contributed by atoms with Gasteiger partial charge in [-0.3, -0.25) is 9.59 Å². The Hall–Kier alpha value is -1.20. The number of hydrogen-bond acceptors (Lipinski definition) is 5. The molecule has 3 atom stereocenters. The number of aliphatic hydroxyl groups excluding tert-OH is 1. The third kappa shape index (κ3) is 3.19. The van der Waals surface area contributed by atoms with Gasteiger partial charge in [0, 0.05) is 12.5 Å². The molecule has 1 aliphatic rings. The first-order valence-electron chi connectivity index (χ1n) is 7.65. The standard InChI is InChI=1S/C16H27NO4/c1-5-10(4)13(18)12-14(19)11(7-6-9(2)3)16(21,8-17)15(12)20/h9-11,20-21H,5-8,17H2,1-4H3/t10?,11-,16+/m1/s1. The lowest BCUT2D eigenvalue weighted by Gasteiger charge is -2.28. The highest BCUT2D eigenvalue weighted by Gasteiger charge is 2.54. The maximum Gasteiger partial charge on any atom is 0.176 e. The van der Waals surface area contributed by atoms with Crippen molar-refractivity contribution in [1.82, 2.24) is 0 Å². The van der Waals surface area contributed by atoms with Crippen LogP contribution in [-0.4, -0.2) is 33.9 Å². The fourth-order valence-corrected chi connectivity index (χ4v) is 2.67. The molecule has 0 spiro atoms. The van der Waals surface area contributed by atoms with E-state index in [1.54, 1.807) is 6.92 Å². The zero-order chi connectivity index (χ0) is 16.4. The number of aliphatic hydroxyl groups is 2. The molecule has 0 bridgehead atoms. The van der Waals surface area contributed by atoms with E-state index in [0.717, 1.165) is 6.42 Å². The highest BCUT2D eigenvalue weighted by molar-refractivity contribution is 6.24. The number of ketones is 2. The summed E-state index contributed by atoms with van der Waals surface area (Å²) in [6, 6.07) is 0. The summed E-state index contributed by atoms with van der Waals surface area (Å²) in [5.41, 5.74) is 3.54. The summed E-state index contributed by atoms with van der Waals surface area (Å²) in [5, 5.41) is 20.8. The molecule has 5 heteroatoms. The molecule has 1 rings (SSSR count). The summed E-state index contributed by atoms with van der Waals surface area (Å²) < 4.78 is 0. The van der Waals surface area contributed by atoms with E-state index in [1.165, 1.54) is 0 Å². The van der Waals surface area contributed by atoms with Crippen molar-refractivity contribution in [3.05, 3.63) is 11.3 Å². The quantitative estimate of drug-likeness (QED) is 0.621. The highest BCUT2D eigenvalue weighted by Crippen LogP contribution is 2.40. The third-order valence-electron chi connectivity index (χ3n) is 4.44. The van der Waals surface area contributed by atoms with Crippen LogP contribution < -0.4 is 5.73 Å². The monoisotopic (exact) mass is 297 g/mol. The van der Waals surface area contributed by atoms with Crippen LogP contribution >= 0.6 is 0 Å². The van der Waals surface area contributed by atoms with Crippen molar-refractivity contribution in [2.24, 2.45) is 23.5 Å². The Labute approximate surface area is 126 Å². The van der Waals surface area contributed by atoms with Gasteiger partial charge in [-0.1, -0.05) is 34.1 Å². The zero-order valence-electron chi connectivity index (χ0n) is 13.3. The average Bonchev–Trinajstić information content (AvgIpc) is 2.63. The minimum Gasteiger partial charge on any atom is -0.508 e. The topological polar surface area (TPSA) is 101 Å². The molecule has 0 radical (unpaired) electrons. The molecule has 0 saturated heterocycles. The molecular formula is C16H27NO4. The maximum atomic E-state index is 12.5. The van der Waals surface area contributed by atoms with Crippen LogP contribution in [0.15, 0.2) is 11.3 Å². The number of allylic oxidation sites excluding steroid dienone is 1. The number of rotatable bonds is 7. The molecule has 4 N–H and O–H groups in total. The second-order valence-electron chi connectivity index (χ2n) is 6.41. The predicted molar refractivity (Wildman–Crippen MR) is 80.7 cm³/mol. The Morgan fingerprint density at radius 2 is 1.95 bits per heavy atom. The fourth-order valence-electron chi connectivity index (χ4n) is 2.67. The molecule has 0 aromatic rings. The van der Waals surface area contributed by atoms with Crippen LogP contribution in [0.2, 0.25) is 0 Å². The summed E-state index contributed by atoms with van der Waals surface area (Å²) in [6.45, 7) is 7.30. The van der Waals surface area contributed by atoms with Crippen molar-refractivity contribution in [1.29, 1.82) is 0 Å². The molecule has 120 valence electrons. The van der Waals surface area contributed by atoms with Gasteiger partial charge in [0.25, 0.3) is 0 Å². The molecule has 0 amide bonds. The molecular weight excluding hydrogens is 270 g/mol. The van der Waals surface area contributed by atoms with Crippen molar-refractivity contribution in [3.8, 4) is 0 Å². The second kappa shape index (κ2) is 6.71. The van der Waals surface area contributed by atoms with Gasteiger partial charge in [0.2, 0.25) is 0 Å². The van der Waals surface area contributed by atoms with Gasteiger partial charge in [-0.15, -0.1) is 0 Å². The largest absolute Gasteiger partial charge is 0.508 e. The minimum absolute atomic E-state index is 0.244. The van der Waals surface area contributed by atoms with Gasteiger partial charge in [-0.2, -0.15) is 0 Å². The van der Waals surface area contributed by atoms with E-state index in [0.29, 0.717) is 18.8 Å². The third-order valence-corrected chi connectivity index (χ3v) is 4.44. The van der Waals surface area contributed by atoms with Gasteiger partial charge in [-0.05, 0) is 18.8 Å². The van der Waals surface area contributed by atoms with Gasteiger partial charge in [0.1, 0.15) is 16.9 Å². The molecule has 5 nitrogen and oxygen atoms in total. The number of nitrogens with two attached hydrogens (primary N) is 1. The SMILES string of the molecule is CCC(C)C(=O)C1=C(O)[C@](O)(CN)[C@H](CCC(C)C)C1=O. The molecule has 0 aromatic carbocycles. The number of carbonyl (C=O) groups is 2. The number of Topliss-reactive ketones (excluding diaryl/α,β-unsaturated/α-hetero) is 2. The Morgan fingerprint density at radius 3 is 2.38 bits per heavy atom. The van der Waals surface area contributed by atoms with Crippen molar-refractivity contribution in [3.63, 3.8) is 0 Å². The zero-order valence-corrected chi connectivity index (χ0v) is 13.3. The van der Waals surface area contributed by atoms with E-state index in [9.17, 15) is 19.8 Å². The van der Waals surface area contributed by atoms with E-state index in [2.05, 4.69) is 0 Å². The summed E-state index contributed by atoms with van der Waals surface area (Å²) in [7, 11) is 0. The van der Waals surface area contributed by atoms with Crippen LogP contribution in [0.1, 0.15) is 47.0 Å². The minimum atomic E-state index is -1.80. The van der Waals surface area contributed by atoms with Gasteiger partial charge in [0.15, 0.2) is 11.6 Å². The first-order chi connectivity index (χ1) is 9.70. The fraction of sp³-hybridized carbons (Fsp3) is 0.750. The van der Waals surface area contributed by atoms with Crippen LogP contribution in [0, 0.1) is 17.8 Å². The van der Waals surface area contributed by atoms with Crippen LogP contribution in [0.3, 0.4) is 0 Å². The van der Waals surface area contributed by atoms with Gasteiger partial charge >= 0.3 is 0 Å². The number of carbonyl (C=O) groups excluding carboxylic acids is 2. The van der Waals surface area contributed by atoms with Crippen molar-refractivity contribution >= 4 is 11.6 Å². The number of hydrogen-bond donors (Lipinski definition) is 3. The summed E-state index contributed by atoms with van der Waals surface area (Å²) >= 11 is 0. The molecule has 0 fully saturated rings. The van der Waals surface area contributed by atoms with E-state index >= 15 is 0 Å². The van der Waals surface area contributed by atoms with Crippen molar-refractivity contribution in [2.75, 3.05) is 6.54 Å².